The number of aliphatic carboxylic acids is 2. The summed E-state index contributed by atoms with van der Waals surface area (Å²) in [6.07, 6.45) is 1.51. The molecule has 30 heavy (non-hydrogen) atoms. The van der Waals surface area contributed by atoms with Crippen molar-refractivity contribution in [2.24, 2.45) is 0 Å². The van der Waals surface area contributed by atoms with Gasteiger partial charge in [0.05, 0.1) is 7.11 Å². The lowest BCUT2D eigenvalue weighted by Gasteiger charge is -2.47. The van der Waals surface area contributed by atoms with Crippen LogP contribution in [0.15, 0.2) is 30.3 Å². The number of esters is 1. The monoisotopic (exact) mass is 422 g/mol. The van der Waals surface area contributed by atoms with Gasteiger partial charge in [-0.1, -0.05) is 25.1 Å². The predicted molar refractivity (Wildman–Crippen MR) is 110 cm³/mol. The first kappa shape index (κ1) is 25.1. The number of carbonyl (C=O) groups excluding carboxylic acids is 2. The Bertz CT molecular complexity index is 729. The van der Waals surface area contributed by atoms with Crippen molar-refractivity contribution >= 4 is 29.5 Å². The molecule has 2 rings (SSSR count). The van der Waals surface area contributed by atoms with Crippen LogP contribution in [-0.4, -0.2) is 70.7 Å². The SMILES string of the molecule is CCC(=O)N(c1ccccc1)C1(C(=O)OC)CCN(C(C)C)CC1.O=C(O)C(=O)O. The average molecular weight is 422 g/mol. The van der Waals surface area contributed by atoms with E-state index in [0.717, 1.165) is 18.8 Å². The van der Waals surface area contributed by atoms with Gasteiger partial charge in [0.25, 0.3) is 0 Å². The molecule has 1 saturated heterocycles. The molecule has 1 fully saturated rings. The third kappa shape index (κ3) is 6.03. The van der Waals surface area contributed by atoms with Crippen LogP contribution in [0.5, 0.6) is 0 Å². The van der Waals surface area contributed by atoms with Crippen molar-refractivity contribution in [2.45, 2.75) is 51.6 Å². The van der Waals surface area contributed by atoms with Crippen molar-refractivity contribution in [3.8, 4) is 0 Å². The molecule has 0 aliphatic carbocycles. The smallest absolute Gasteiger partial charge is 0.414 e. The molecule has 2 N–H and O–H groups in total. The molecule has 0 atom stereocenters. The van der Waals surface area contributed by atoms with Gasteiger partial charge < -0.3 is 19.8 Å². The molecule has 1 aliphatic heterocycles. The van der Waals surface area contributed by atoms with Gasteiger partial charge >= 0.3 is 17.9 Å². The maximum Gasteiger partial charge on any atom is 0.414 e. The van der Waals surface area contributed by atoms with Crippen molar-refractivity contribution in [1.82, 2.24) is 4.90 Å². The summed E-state index contributed by atoms with van der Waals surface area (Å²) in [6.45, 7) is 7.67. The van der Waals surface area contributed by atoms with Crippen molar-refractivity contribution in [3.05, 3.63) is 30.3 Å². The number of carbonyl (C=O) groups is 4. The van der Waals surface area contributed by atoms with Crippen LogP contribution in [0.2, 0.25) is 0 Å². The average Bonchev–Trinajstić information content (AvgIpc) is 2.74. The number of hydrogen-bond acceptors (Lipinski definition) is 6. The van der Waals surface area contributed by atoms with Gasteiger partial charge in [-0.05, 0) is 38.8 Å². The van der Waals surface area contributed by atoms with Gasteiger partial charge in [-0.25, -0.2) is 14.4 Å². The van der Waals surface area contributed by atoms with Crippen LogP contribution in [0.3, 0.4) is 0 Å². The second-order valence-corrected chi connectivity index (χ2v) is 7.18. The Hall–Kier alpha value is -2.94. The summed E-state index contributed by atoms with van der Waals surface area (Å²) in [5, 5.41) is 14.8. The second kappa shape index (κ2) is 11.3. The van der Waals surface area contributed by atoms with E-state index < -0.39 is 17.5 Å². The van der Waals surface area contributed by atoms with E-state index in [-0.39, 0.29) is 11.9 Å². The van der Waals surface area contributed by atoms with Gasteiger partial charge in [-0.3, -0.25) is 9.69 Å². The number of methoxy groups -OCH3 is 1. The quantitative estimate of drug-likeness (QED) is 0.545. The first-order chi connectivity index (χ1) is 14.1. The van der Waals surface area contributed by atoms with Gasteiger partial charge in [0, 0.05) is 31.2 Å². The number of carboxylic acid groups (broad SMARTS) is 2. The zero-order chi connectivity index (χ0) is 22.9. The van der Waals surface area contributed by atoms with Gasteiger partial charge in [0.1, 0.15) is 5.54 Å². The minimum atomic E-state index is -1.82. The molecular formula is C21H30N2O7. The van der Waals surface area contributed by atoms with E-state index >= 15 is 0 Å². The number of anilines is 1. The highest BCUT2D eigenvalue weighted by Gasteiger charge is 2.49. The van der Waals surface area contributed by atoms with Crippen LogP contribution in [0, 0.1) is 0 Å². The molecular weight excluding hydrogens is 392 g/mol. The molecule has 1 aromatic rings. The minimum Gasteiger partial charge on any atom is -0.473 e. The number of ether oxygens (including phenoxy) is 1. The van der Waals surface area contributed by atoms with E-state index in [1.807, 2.05) is 37.3 Å². The fourth-order valence-electron chi connectivity index (χ4n) is 3.48. The molecule has 0 unspecified atom stereocenters. The lowest BCUT2D eigenvalue weighted by molar-refractivity contribution is -0.159. The lowest BCUT2D eigenvalue weighted by atomic mass is 9.84. The van der Waals surface area contributed by atoms with Crippen LogP contribution >= 0.6 is 0 Å². The molecule has 1 aliphatic rings. The standard InChI is InChI=1S/C19H28N2O3.C2H2O4/c1-5-17(22)21(16-9-7-6-8-10-16)19(18(23)24-4)11-13-20(14-12-19)15(2)3;3-1(4)2(5)6/h6-10,15H,5,11-14H2,1-4H3;(H,3,4)(H,5,6). The van der Waals surface area contributed by atoms with Gasteiger partial charge in [0.2, 0.25) is 5.91 Å². The summed E-state index contributed by atoms with van der Waals surface area (Å²) in [4.78, 5) is 47.7. The number of rotatable bonds is 5. The van der Waals surface area contributed by atoms with Crippen molar-refractivity contribution in [2.75, 3.05) is 25.1 Å². The fourth-order valence-corrected chi connectivity index (χ4v) is 3.48. The van der Waals surface area contributed by atoms with E-state index in [4.69, 9.17) is 24.5 Å². The van der Waals surface area contributed by atoms with Crippen molar-refractivity contribution in [1.29, 1.82) is 0 Å². The van der Waals surface area contributed by atoms with E-state index in [9.17, 15) is 9.59 Å². The summed E-state index contributed by atoms with van der Waals surface area (Å²) in [5.41, 5.74) is -0.165. The highest BCUT2D eigenvalue weighted by molar-refractivity contribution is 6.27. The molecule has 1 heterocycles. The summed E-state index contributed by atoms with van der Waals surface area (Å²) in [6, 6.07) is 9.87. The van der Waals surface area contributed by atoms with Gasteiger partial charge in [-0.2, -0.15) is 0 Å². The van der Waals surface area contributed by atoms with E-state index in [1.54, 1.807) is 4.90 Å². The molecule has 0 saturated carbocycles. The molecule has 9 nitrogen and oxygen atoms in total. The number of nitrogens with zero attached hydrogens (tertiary/aromatic N) is 2. The number of para-hydroxylation sites is 1. The molecule has 166 valence electrons. The third-order valence-corrected chi connectivity index (χ3v) is 5.10. The summed E-state index contributed by atoms with van der Waals surface area (Å²) < 4.78 is 5.13. The second-order valence-electron chi connectivity index (χ2n) is 7.18. The molecule has 0 radical (unpaired) electrons. The van der Waals surface area contributed by atoms with Crippen LogP contribution in [0.4, 0.5) is 5.69 Å². The maximum atomic E-state index is 12.8. The van der Waals surface area contributed by atoms with Gasteiger partial charge in [-0.15, -0.1) is 0 Å². The summed E-state index contributed by atoms with van der Waals surface area (Å²) in [7, 11) is 1.40. The first-order valence-electron chi connectivity index (χ1n) is 9.77. The predicted octanol–water partition coefficient (Wildman–Crippen LogP) is 2.00. The van der Waals surface area contributed by atoms with Crippen LogP contribution < -0.4 is 4.90 Å². The third-order valence-electron chi connectivity index (χ3n) is 5.10. The number of likely N-dealkylation sites (tertiary alicyclic amines) is 1. The normalized spacial score (nSPS) is 15.5. The molecule has 1 aromatic carbocycles. The Labute approximate surface area is 176 Å². The van der Waals surface area contributed by atoms with Gasteiger partial charge in [0.15, 0.2) is 0 Å². The van der Waals surface area contributed by atoms with Crippen LogP contribution in [0.25, 0.3) is 0 Å². The van der Waals surface area contributed by atoms with Crippen LogP contribution in [-0.2, 0) is 23.9 Å². The number of hydrogen-bond donors (Lipinski definition) is 2. The highest BCUT2D eigenvalue weighted by atomic mass is 16.5. The topological polar surface area (TPSA) is 124 Å². The summed E-state index contributed by atoms with van der Waals surface area (Å²) in [5.74, 6) is -4.02. The minimum absolute atomic E-state index is 0.0513. The fraction of sp³-hybridized carbons (Fsp3) is 0.524. The molecule has 0 bridgehead atoms. The van der Waals surface area contributed by atoms with Crippen molar-refractivity contribution < 1.29 is 34.1 Å². The number of benzene rings is 1. The molecule has 1 amide bonds. The van der Waals surface area contributed by atoms with E-state index in [1.165, 1.54) is 7.11 Å². The first-order valence-corrected chi connectivity index (χ1v) is 9.77. The zero-order valence-corrected chi connectivity index (χ0v) is 17.8. The summed E-state index contributed by atoms with van der Waals surface area (Å²) >= 11 is 0. The number of piperidine rings is 1. The van der Waals surface area contributed by atoms with Crippen LogP contribution in [0.1, 0.15) is 40.0 Å². The Morgan fingerprint density at radius 2 is 1.57 bits per heavy atom. The highest BCUT2D eigenvalue weighted by Crippen LogP contribution is 2.35. The molecule has 9 heteroatoms. The van der Waals surface area contributed by atoms with E-state index in [0.29, 0.717) is 25.3 Å². The molecule has 0 aromatic heterocycles. The van der Waals surface area contributed by atoms with Crippen molar-refractivity contribution in [3.63, 3.8) is 0 Å². The lowest BCUT2D eigenvalue weighted by Crippen LogP contribution is -2.63. The Kier molecular flexibility index (Phi) is 9.45. The van der Waals surface area contributed by atoms with E-state index in [2.05, 4.69) is 18.7 Å². The number of amides is 1. The maximum absolute atomic E-state index is 12.8. The molecule has 0 spiro atoms. The Morgan fingerprint density at radius 3 is 1.93 bits per heavy atom. The Balaban J connectivity index is 0.000000656. The number of carboxylic acids is 2. The Morgan fingerprint density at radius 1 is 1.07 bits per heavy atom. The largest absolute Gasteiger partial charge is 0.473 e. The zero-order valence-electron chi connectivity index (χ0n) is 17.8.